The Morgan fingerprint density at radius 2 is 2.06 bits per heavy atom. The second-order valence-electron chi connectivity index (χ2n) is 3.31. The topological polar surface area (TPSA) is 35.5 Å². The molecule has 0 N–H and O–H groups in total. The normalized spacial score (nSPS) is 12.0. The molecular formula is C12H15ClO3. The quantitative estimate of drug-likeness (QED) is 0.588. The summed E-state index contributed by atoms with van der Waals surface area (Å²) in [4.78, 5) is 12.0. The maximum absolute atomic E-state index is 12.0. The molecule has 0 bridgehead atoms. The van der Waals surface area contributed by atoms with Crippen molar-refractivity contribution in [1.29, 1.82) is 0 Å². The van der Waals surface area contributed by atoms with E-state index in [1.165, 1.54) is 7.11 Å². The highest BCUT2D eigenvalue weighted by atomic mass is 35.5. The number of halogens is 1. The Hall–Kier alpha value is -1.22. The lowest BCUT2D eigenvalue weighted by molar-refractivity contribution is 0.0982. The first-order chi connectivity index (χ1) is 7.63. The molecule has 0 aliphatic rings. The van der Waals surface area contributed by atoms with E-state index < -0.39 is 5.38 Å². The molecule has 88 valence electrons. The van der Waals surface area contributed by atoms with Crippen LogP contribution in [0.5, 0.6) is 11.5 Å². The molecule has 0 aliphatic carbocycles. The third kappa shape index (κ3) is 2.67. The Balaban J connectivity index is 3.13. The van der Waals surface area contributed by atoms with Crippen LogP contribution in [-0.2, 0) is 0 Å². The molecule has 0 amide bonds. The Morgan fingerprint density at radius 1 is 1.38 bits per heavy atom. The molecule has 1 aromatic carbocycles. The van der Waals surface area contributed by atoms with E-state index in [1.54, 1.807) is 25.3 Å². The fraction of sp³-hybridized carbons (Fsp3) is 0.417. The van der Waals surface area contributed by atoms with Crippen molar-refractivity contribution in [2.24, 2.45) is 0 Å². The molecule has 4 heteroatoms. The minimum absolute atomic E-state index is 0.139. The summed E-state index contributed by atoms with van der Waals surface area (Å²) < 4.78 is 10.2. The highest BCUT2D eigenvalue weighted by Crippen LogP contribution is 2.26. The van der Waals surface area contributed by atoms with Crippen molar-refractivity contribution < 1.29 is 14.3 Å². The minimum Gasteiger partial charge on any atom is -0.497 e. The van der Waals surface area contributed by atoms with Crippen LogP contribution in [0.1, 0.15) is 23.7 Å². The predicted octanol–water partition coefficient (Wildman–Crippen LogP) is 2.90. The van der Waals surface area contributed by atoms with Gasteiger partial charge in [0.2, 0.25) is 0 Å². The summed E-state index contributed by atoms with van der Waals surface area (Å²) >= 11 is 5.93. The van der Waals surface area contributed by atoms with Crippen molar-refractivity contribution in [3.63, 3.8) is 0 Å². The van der Waals surface area contributed by atoms with Gasteiger partial charge < -0.3 is 9.47 Å². The first kappa shape index (κ1) is 12.8. The maximum Gasteiger partial charge on any atom is 0.184 e. The molecule has 0 heterocycles. The molecule has 1 unspecified atom stereocenters. The molecule has 0 radical (unpaired) electrons. The number of carbonyl (C=O) groups excluding carboxylic acids is 1. The number of benzene rings is 1. The summed E-state index contributed by atoms with van der Waals surface area (Å²) in [5.41, 5.74) is 0.462. The standard InChI is InChI=1S/C12H15ClO3/c1-4-10(13)12(14)9-7-8(15-2)5-6-11(9)16-3/h5-7,10H,4H2,1-3H3. The van der Waals surface area contributed by atoms with Gasteiger partial charge in [-0.2, -0.15) is 0 Å². The van der Waals surface area contributed by atoms with Gasteiger partial charge in [0.1, 0.15) is 11.5 Å². The third-order valence-corrected chi connectivity index (χ3v) is 2.82. The van der Waals surface area contributed by atoms with Gasteiger partial charge >= 0.3 is 0 Å². The molecule has 3 nitrogen and oxygen atoms in total. The number of methoxy groups -OCH3 is 2. The number of alkyl halides is 1. The molecule has 1 rings (SSSR count). The average Bonchev–Trinajstić information content (AvgIpc) is 2.35. The lowest BCUT2D eigenvalue weighted by Gasteiger charge is -2.11. The summed E-state index contributed by atoms with van der Waals surface area (Å²) in [5, 5.41) is -0.527. The zero-order valence-electron chi connectivity index (χ0n) is 9.62. The SMILES string of the molecule is CCC(Cl)C(=O)c1cc(OC)ccc1OC. The van der Waals surface area contributed by atoms with E-state index in [4.69, 9.17) is 21.1 Å². The van der Waals surface area contributed by atoms with Gasteiger partial charge in [0.15, 0.2) is 5.78 Å². The third-order valence-electron chi connectivity index (χ3n) is 2.32. The summed E-state index contributed by atoms with van der Waals surface area (Å²) in [7, 11) is 3.07. The van der Waals surface area contributed by atoms with Gasteiger partial charge in [0, 0.05) is 0 Å². The zero-order chi connectivity index (χ0) is 12.1. The van der Waals surface area contributed by atoms with Gasteiger partial charge in [0.05, 0.1) is 25.2 Å². The van der Waals surface area contributed by atoms with Crippen molar-refractivity contribution in [3.8, 4) is 11.5 Å². The zero-order valence-corrected chi connectivity index (χ0v) is 10.4. The van der Waals surface area contributed by atoms with Crippen molar-refractivity contribution >= 4 is 17.4 Å². The molecule has 0 spiro atoms. The molecule has 0 saturated carbocycles. The number of rotatable bonds is 5. The van der Waals surface area contributed by atoms with Crippen LogP contribution in [0.3, 0.4) is 0 Å². The van der Waals surface area contributed by atoms with Crippen LogP contribution < -0.4 is 9.47 Å². The predicted molar refractivity (Wildman–Crippen MR) is 63.8 cm³/mol. The Morgan fingerprint density at radius 3 is 2.56 bits per heavy atom. The van der Waals surface area contributed by atoms with E-state index in [0.717, 1.165) is 0 Å². The van der Waals surface area contributed by atoms with E-state index in [2.05, 4.69) is 0 Å². The monoisotopic (exact) mass is 242 g/mol. The molecule has 0 fully saturated rings. The molecule has 0 aromatic heterocycles. The van der Waals surface area contributed by atoms with Gasteiger partial charge in [-0.25, -0.2) is 0 Å². The van der Waals surface area contributed by atoms with Gasteiger partial charge in [-0.1, -0.05) is 6.92 Å². The summed E-state index contributed by atoms with van der Waals surface area (Å²) in [6.45, 7) is 1.86. The van der Waals surface area contributed by atoms with Crippen LogP contribution in [0, 0.1) is 0 Å². The van der Waals surface area contributed by atoms with E-state index in [0.29, 0.717) is 23.5 Å². The lowest BCUT2D eigenvalue weighted by Crippen LogP contribution is -2.14. The van der Waals surface area contributed by atoms with Crippen LogP contribution in [0.15, 0.2) is 18.2 Å². The molecule has 1 atom stereocenters. The van der Waals surface area contributed by atoms with Crippen LogP contribution in [-0.4, -0.2) is 25.4 Å². The van der Waals surface area contributed by atoms with Gasteiger partial charge in [-0.15, -0.1) is 11.6 Å². The van der Waals surface area contributed by atoms with E-state index in [1.807, 2.05) is 6.92 Å². The lowest BCUT2D eigenvalue weighted by atomic mass is 10.1. The maximum atomic E-state index is 12.0. The Labute approximate surface area is 100 Å². The van der Waals surface area contributed by atoms with E-state index >= 15 is 0 Å². The van der Waals surface area contributed by atoms with Gasteiger partial charge in [-0.05, 0) is 24.6 Å². The van der Waals surface area contributed by atoms with Crippen LogP contribution >= 0.6 is 11.6 Å². The first-order valence-electron chi connectivity index (χ1n) is 5.04. The highest BCUT2D eigenvalue weighted by Gasteiger charge is 2.20. The van der Waals surface area contributed by atoms with Gasteiger partial charge in [-0.3, -0.25) is 4.79 Å². The Kier molecular flexibility index (Phi) is 4.62. The summed E-state index contributed by atoms with van der Waals surface area (Å²) in [5.74, 6) is 0.994. The number of hydrogen-bond donors (Lipinski definition) is 0. The molecular weight excluding hydrogens is 228 g/mol. The number of Topliss-reactive ketones (excluding diaryl/α,β-unsaturated/α-hetero) is 1. The smallest absolute Gasteiger partial charge is 0.184 e. The van der Waals surface area contributed by atoms with Crippen molar-refractivity contribution in [1.82, 2.24) is 0 Å². The van der Waals surface area contributed by atoms with E-state index in [-0.39, 0.29) is 5.78 Å². The number of hydrogen-bond acceptors (Lipinski definition) is 3. The fourth-order valence-corrected chi connectivity index (χ4v) is 1.48. The van der Waals surface area contributed by atoms with Crippen LogP contribution in [0.4, 0.5) is 0 Å². The van der Waals surface area contributed by atoms with Crippen LogP contribution in [0.2, 0.25) is 0 Å². The average molecular weight is 243 g/mol. The van der Waals surface area contributed by atoms with Crippen molar-refractivity contribution in [3.05, 3.63) is 23.8 Å². The van der Waals surface area contributed by atoms with Crippen molar-refractivity contribution in [2.75, 3.05) is 14.2 Å². The molecule has 0 aliphatic heterocycles. The van der Waals surface area contributed by atoms with E-state index in [9.17, 15) is 4.79 Å². The first-order valence-corrected chi connectivity index (χ1v) is 5.48. The number of ether oxygens (including phenoxy) is 2. The second kappa shape index (κ2) is 5.75. The Bertz CT molecular complexity index is 377. The number of ketones is 1. The molecule has 0 saturated heterocycles. The van der Waals surface area contributed by atoms with Crippen molar-refractivity contribution in [2.45, 2.75) is 18.7 Å². The van der Waals surface area contributed by atoms with Gasteiger partial charge in [0.25, 0.3) is 0 Å². The number of carbonyl (C=O) groups is 1. The largest absolute Gasteiger partial charge is 0.497 e. The summed E-state index contributed by atoms with van der Waals surface area (Å²) in [6, 6.07) is 5.09. The second-order valence-corrected chi connectivity index (χ2v) is 3.83. The molecule has 16 heavy (non-hydrogen) atoms. The van der Waals surface area contributed by atoms with Crippen LogP contribution in [0.25, 0.3) is 0 Å². The molecule has 1 aromatic rings. The highest BCUT2D eigenvalue weighted by molar-refractivity contribution is 6.34. The minimum atomic E-state index is -0.527. The fourth-order valence-electron chi connectivity index (χ4n) is 1.36. The summed E-state index contributed by atoms with van der Waals surface area (Å²) in [6.07, 6.45) is 0.584.